The third kappa shape index (κ3) is 8.78. The van der Waals surface area contributed by atoms with Crippen molar-refractivity contribution in [3.63, 3.8) is 0 Å². The van der Waals surface area contributed by atoms with Gasteiger partial charge in [0.05, 0.1) is 12.6 Å². The lowest BCUT2D eigenvalue weighted by Crippen LogP contribution is -2.63. The Morgan fingerprint density at radius 2 is 1.55 bits per heavy atom. The Balaban J connectivity index is 1.23. The maximum Gasteiger partial charge on any atom is 0.289 e. The van der Waals surface area contributed by atoms with E-state index in [0.29, 0.717) is 17.1 Å². The summed E-state index contributed by atoms with van der Waals surface area (Å²) in [6.45, 7) is 3.31. The van der Waals surface area contributed by atoms with Crippen molar-refractivity contribution in [3.8, 4) is 11.5 Å². The van der Waals surface area contributed by atoms with Gasteiger partial charge in [-0.1, -0.05) is 48.5 Å². The number of aliphatic hydroxyl groups is 1. The summed E-state index contributed by atoms with van der Waals surface area (Å²) in [5.41, 5.74) is -0.146. The van der Waals surface area contributed by atoms with Crippen molar-refractivity contribution in [2.24, 2.45) is 0 Å². The number of carbonyl (C=O) groups excluding carboxylic acids is 5. The molecular formula is C39H43N5O9. The van der Waals surface area contributed by atoms with Crippen LogP contribution >= 0.6 is 0 Å². The van der Waals surface area contributed by atoms with Gasteiger partial charge in [0, 0.05) is 37.7 Å². The standard InChI is InChI=1S/C39H43N5O9/c1-24-34(46)42-30(22-26-8-4-3-5-9-26)35(47)40-18-21-51-28-12-14-29(15-13-28)53-39(38(50)43-33(25(2)45)36(48)41-24)16-19-44(20-17-39)37(49)32-23-27-10-6-7-11-31(27)52-32/h3-15,23-25,30,33,45H,16-22H2,1-2H3,(H,40,47)(H,41,48)(H,42,46)(H,43,50)/t24-,25+,30-,33?/m0/s1. The summed E-state index contributed by atoms with van der Waals surface area (Å²) in [7, 11) is 0. The smallest absolute Gasteiger partial charge is 0.289 e. The summed E-state index contributed by atoms with van der Waals surface area (Å²) in [6.07, 6.45) is -1.07. The summed E-state index contributed by atoms with van der Waals surface area (Å²) in [5.74, 6) is -1.91. The molecule has 4 aromatic rings. The maximum atomic E-state index is 14.2. The van der Waals surface area contributed by atoms with Gasteiger partial charge in [-0.25, -0.2) is 0 Å². The first-order valence-corrected chi connectivity index (χ1v) is 17.6. The molecule has 0 aliphatic carbocycles. The molecule has 1 aromatic heterocycles. The van der Waals surface area contributed by atoms with Gasteiger partial charge in [0.25, 0.3) is 11.8 Å². The molecule has 1 unspecified atom stereocenters. The molecule has 5 N–H and O–H groups in total. The van der Waals surface area contributed by atoms with Gasteiger partial charge in [-0.15, -0.1) is 0 Å². The number of likely N-dealkylation sites (tertiary alicyclic amines) is 1. The van der Waals surface area contributed by atoms with Crippen LogP contribution in [0.25, 0.3) is 11.0 Å². The number of hydrogen-bond donors (Lipinski definition) is 5. The Hall–Kier alpha value is -5.89. The molecule has 7 rings (SSSR count). The van der Waals surface area contributed by atoms with Gasteiger partial charge < -0.3 is 45.2 Å². The number of rotatable bonds is 4. The second-order valence-electron chi connectivity index (χ2n) is 13.3. The minimum atomic E-state index is -1.54. The number of piperidine rings is 1. The average molecular weight is 726 g/mol. The fraction of sp³-hybridized carbons (Fsp3) is 0.359. The molecule has 4 heterocycles. The molecular weight excluding hydrogens is 682 g/mol. The van der Waals surface area contributed by atoms with Crippen LogP contribution < -0.4 is 30.7 Å². The van der Waals surface area contributed by atoms with Gasteiger partial charge in [0.2, 0.25) is 17.7 Å². The molecule has 278 valence electrons. The lowest BCUT2D eigenvalue weighted by Gasteiger charge is -2.41. The first-order valence-electron chi connectivity index (χ1n) is 17.6. The number of aliphatic hydroxyl groups excluding tert-OH is 1. The van der Waals surface area contributed by atoms with Crippen molar-refractivity contribution in [1.82, 2.24) is 26.2 Å². The lowest BCUT2D eigenvalue weighted by atomic mass is 9.89. The van der Waals surface area contributed by atoms with Gasteiger partial charge in [-0.05, 0) is 55.8 Å². The number of fused-ring (bicyclic) bond motifs is 16. The number of nitrogens with zero attached hydrogens (tertiary/aromatic N) is 1. The average Bonchev–Trinajstić information content (AvgIpc) is 3.60. The number of para-hydroxylation sites is 1. The van der Waals surface area contributed by atoms with Crippen molar-refractivity contribution < 1.29 is 43.0 Å². The minimum absolute atomic E-state index is 0.0541. The third-order valence-electron chi connectivity index (χ3n) is 9.43. The Kier molecular flexibility index (Phi) is 11.3. The van der Waals surface area contributed by atoms with Crippen LogP contribution in [0.3, 0.4) is 0 Å². The molecule has 1 fully saturated rings. The molecule has 1 spiro atoms. The van der Waals surface area contributed by atoms with Gasteiger partial charge >= 0.3 is 0 Å². The highest BCUT2D eigenvalue weighted by Crippen LogP contribution is 2.32. The molecule has 3 aliphatic rings. The molecule has 3 aromatic carbocycles. The fourth-order valence-electron chi connectivity index (χ4n) is 6.39. The van der Waals surface area contributed by atoms with Crippen LogP contribution in [0.15, 0.2) is 89.3 Å². The molecule has 2 bridgehead atoms. The topological polar surface area (TPSA) is 189 Å². The molecule has 1 saturated heterocycles. The first-order chi connectivity index (χ1) is 25.5. The van der Waals surface area contributed by atoms with Crippen LogP contribution in [-0.4, -0.2) is 95.6 Å². The van der Waals surface area contributed by atoms with Crippen LogP contribution in [0.2, 0.25) is 0 Å². The largest absolute Gasteiger partial charge is 0.492 e. The predicted octanol–water partition coefficient (Wildman–Crippen LogP) is 2.09. The molecule has 53 heavy (non-hydrogen) atoms. The Labute approximate surface area is 306 Å². The van der Waals surface area contributed by atoms with Crippen molar-refractivity contribution >= 4 is 40.5 Å². The molecule has 5 amide bonds. The van der Waals surface area contributed by atoms with Crippen molar-refractivity contribution in [2.75, 3.05) is 26.2 Å². The van der Waals surface area contributed by atoms with Crippen molar-refractivity contribution in [1.29, 1.82) is 0 Å². The number of nitrogens with one attached hydrogen (secondary N) is 4. The summed E-state index contributed by atoms with van der Waals surface area (Å²) in [6, 6.07) is 21.2. The number of ether oxygens (including phenoxy) is 2. The minimum Gasteiger partial charge on any atom is -0.492 e. The van der Waals surface area contributed by atoms with Crippen LogP contribution in [0.4, 0.5) is 0 Å². The summed E-state index contributed by atoms with van der Waals surface area (Å²) >= 11 is 0. The Morgan fingerprint density at radius 1 is 0.868 bits per heavy atom. The number of furan rings is 1. The van der Waals surface area contributed by atoms with Gasteiger partial charge in [0.15, 0.2) is 11.4 Å². The van der Waals surface area contributed by atoms with Crippen LogP contribution in [0.1, 0.15) is 42.8 Å². The molecule has 0 saturated carbocycles. The molecule has 14 heteroatoms. The van der Waals surface area contributed by atoms with E-state index in [9.17, 15) is 29.1 Å². The number of benzene rings is 3. The zero-order valence-corrected chi connectivity index (χ0v) is 29.5. The van der Waals surface area contributed by atoms with Gasteiger partial charge in [0.1, 0.15) is 41.8 Å². The normalized spacial score (nSPS) is 22.1. The number of hydrogen-bond acceptors (Lipinski definition) is 9. The van der Waals surface area contributed by atoms with E-state index in [1.54, 1.807) is 41.3 Å². The van der Waals surface area contributed by atoms with E-state index in [1.807, 2.05) is 48.5 Å². The zero-order chi connectivity index (χ0) is 37.5. The molecule has 14 nitrogen and oxygen atoms in total. The van der Waals surface area contributed by atoms with E-state index >= 15 is 0 Å². The van der Waals surface area contributed by atoms with E-state index in [1.165, 1.54) is 13.8 Å². The highest BCUT2D eigenvalue weighted by Gasteiger charge is 2.47. The fourth-order valence-corrected chi connectivity index (χ4v) is 6.39. The molecule has 0 radical (unpaired) electrons. The third-order valence-corrected chi connectivity index (χ3v) is 9.43. The highest BCUT2D eigenvalue weighted by atomic mass is 16.5. The van der Waals surface area contributed by atoms with Crippen LogP contribution in [-0.2, 0) is 25.6 Å². The van der Waals surface area contributed by atoms with E-state index in [0.717, 1.165) is 10.9 Å². The van der Waals surface area contributed by atoms with Crippen molar-refractivity contribution in [2.45, 2.75) is 62.9 Å². The first kappa shape index (κ1) is 36.9. The van der Waals surface area contributed by atoms with E-state index in [4.69, 9.17) is 13.9 Å². The summed E-state index contributed by atoms with van der Waals surface area (Å²) < 4.78 is 18.0. The second-order valence-corrected chi connectivity index (χ2v) is 13.3. The lowest BCUT2D eigenvalue weighted by molar-refractivity contribution is -0.145. The zero-order valence-electron chi connectivity index (χ0n) is 29.5. The van der Waals surface area contributed by atoms with Gasteiger partial charge in [-0.3, -0.25) is 24.0 Å². The maximum absolute atomic E-state index is 14.2. The van der Waals surface area contributed by atoms with Crippen LogP contribution in [0.5, 0.6) is 11.5 Å². The van der Waals surface area contributed by atoms with Crippen LogP contribution in [0, 0.1) is 0 Å². The molecule has 4 atom stereocenters. The number of amides is 5. The Morgan fingerprint density at radius 3 is 2.25 bits per heavy atom. The molecule has 3 aliphatic heterocycles. The monoisotopic (exact) mass is 725 g/mol. The summed E-state index contributed by atoms with van der Waals surface area (Å²) in [5, 5.41) is 22.2. The van der Waals surface area contributed by atoms with Gasteiger partial charge in [-0.2, -0.15) is 0 Å². The highest BCUT2D eigenvalue weighted by molar-refractivity contribution is 5.97. The van der Waals surface area contributed by atoms with E-state index in [2.05, 4.69) is 21.3 Å². The second kappa shape index (κ2) is 16.2. The number of carbonyl (C=O) groups is 5. The Bertz CT molecular complexity index is 1900. The van der Waals surface area contributed by atoms with E-state index < -0.39 is 53.5 Å². The SMILES string of the molecule is C[C@@H]1NC(=O)C([C@@H](C)O)NC(=O)C2(CCN(C(=O)c3cc4ccccc4o3)CC2)Oc2ccc(cc2)OCCNC(=O)[C@H](Cc2ccccc2)NC1=O. The quantitative estimate of drug-likeness (QED) is 0.196. The van der Waals surface area contributed by atoms with E-state index in [-0.39, 0.29) is 57.2 Å². The van der Waals surface area contributed by atoms with Crippen molar-refractivity contribution in [3.05, 3.63) is 96.3 Å². The predicted molar refractivity (Wildman–Crippen MR) is 193 cm³/mol. The summed E-state index contributed by atoms with van der Waals surface area (Å²) in [4.78, 5) is 69.4.